The third kappa shape index (κ3) is 20.4. The van der Waals surface area contributed by atoms with Gasteiger partial charge in [-0.3, -0.25) is 9.59 Å². The number of ether oxygens (including phenoxy) is 2. The molecule has 33 heteroatoms. The number of benzene rings is 3. The molecular weight excluding hydrogens is 1570 g/mol. The van der Waals surface area contributed by atoms with Gasteiger partial charge in [-0.2, -0.15) is 5.26 Å². The SMILES string of the molecule is C[C@@H]1[C@H](N2CCN(C)C2=O)CCCN1c1cnc(C#N)c(Nc2ccc(C3(C)CCN(C(=O)OC(C)(C)C)CC3)cc2)n1.C[C@@H]1[C@H](N2CCN(C)C2=O)CCCN1c1cnc(C(N)=O)c(Nc2ccc(C3(C)CCN(C(=O)OC(C)(C)C)CC3)cc2)n1.C[C@@H]1[C@H](N2CCN(C)C2=O)CCCN1c1cnc(C(N)=O)c(Nc2ccc(C3(C)CCNCC3)cc2)n1. The minimum Gasteiger partial charge on any atom is -0.444 e. The molecule has 0 bridgehead atoms. The maximum atomic E-state index is 12.7. The predicted molar refractivity (Wildman–Crippen MR) is 479 cm³/mol. The minimum atomic E-state index is -0.664. The fraction of sp³-hybridized carbons (Fsp3) is 0.582. The van der Waals surface area contributed by atoms with E-state index in [4.69, 9.17) is 35.9 Å². The molecule has 9 saturated heterocycles. The van der Waals surface area contributed by atoms with E-state index in [0.29, 0.717) is 67.6 Å². The molecular formula is C91H128N24O9. The first-order chi connectivity index (χ1) is 58.9. The molecule has 6 atom stereocenters. The third-order valence-corrected chi connectivity index (χ3v) is 26.8. The third-order valence-electron chi connectivity index (χ3n) is 26.8. The highest BCUT2D eigenvalue weighted by Crippen LogP contribution is 2.42. The number of nitriles is 1. The summed E-state index contributed by atoms with van der Waals surface area (Å²) in [5.41, 5.74) is 16.8. The average Bonchev–Trinajstić information content (AvgIpc) is 1.29. The van der Waals surface area contributed by atoms with Crippen LogP contribution in [0.1, 0.15) is 203 Å². The zero-order chi connectivity index (χ0) is 88.9. The number of urea groups is 3. The van der Waals surface area contributed by atoms with Gasteiger partial charge >= 0.3 is 30.3 Å². The van der Waals surface area contributed by atoms with Crippen molar-refractivity contribution in [1.29, 1.82) is 5.26 Å². The van der Waals surface area contributed by atoms with Gasteiger partial charge in [0.15, 0.2) is 34.5 Å². The maximum Gasteiger partial charge on any atom is 0.410 e. The molecule has 0 spiro atoms. The number of nitrogens with one attached hydrogen (secondary N) is 4. The van der Waals surface area contributed by atoms with E-state index in [1.54, 1.807) is 43.1 Å². The molecule has 15 rings (SSSR count). The van der Waals surface area contributed by atoms with E-state index < -0.39 is 23.0 Å². The van der Waals surface area contributed by atoms with Crippen LogP contribution in [0.3, 0.4) is 0 Å². The topological polar surface area (TPSA) is 375 Å². The molecule has 9 aliphatic heterocycles. The first kappa shape index (κ1) is 90.2. The Hall–Kier alpha value is -11.6. The first-order valence-electron chi connectivity index (χ1n) is 44.2. The number of piperidine rings is 6. The Kier molecular flexibility index (Phi) is 27.3. The number of nitrogens with two attached hydrogens (primary N) is 2. The molecule has 666 valence electrons. The first-order valence-corrected chi connectivity index (χ1v) is 44.2. The van der Waals surface area contributed by atoms with Crippen LogP contribution in [0, 0.1) is 11.3 Å². The van der Waals surface area contributed by atoms with E-state index in [2.05, 4.69) is 135 Å². The molecule has 0 radical (unpaired) electrons. The number of primary amides is 2. The molecule has 0 saturated carbocycles. The lowest BCUT2D eigenvalue weighted by atomic mass is 9.74. The molecule has 9 aliphatic rings. The number of rotatable bonds is 17. The van der Waals surface area contributed by atoms with E-state index >= 15 is 0 Å². The maximum absolute atomic E-state index is 12.7. The van der Waals surface area contributed by atoms with Gasteiger partial charge < -0.3 is 96.1 Å². The second kappa shape index (κ2) is 37.5. The highest BCUT2D eigenvalue weighted by atomic mass is 16.6. The molecule has 124 heavy (non-hydrogen) atoms. The highest BCUT2D eigenvalue weighted by Gasteiger charge is 2.45. The van der Waals surface area contributed by atoms with Crippen molar-refractivity contribution >= 4 is 94.1 Å². The van der Waals surface area contributed by atoms with Crippen LogP contribution in [-0.2, 0) is 25.7 Å². The average molecular weight is 1700 g/mol. The van der Waals surface area contributed by atoms with Gasteiger partial charge in [0.05, 0.1) is 36.7 Å². The smallest absolute Gasteiger partial charge is 0.410 e. The normalized spacial score (nSPS) is 22.8. The number of amides is 10. The van der Waals surface area contributed by atoms with Gasteiger partial charge in [-0.15, -0.1) is 0 Å². The zero-order valence-electron chi connectivity index (χ0n) is 75.1. The van der Waals surface area contributed by atoms with Crippen LogP contribution >= 0.6 is 0 Å². The van der Waals surface area contributed by atoms with Crippen LogP contribution in [0.5, 0.6) is 0 Å². The van der Waals surface area contributed by atoms with Crippen LogP contribution < -0.4 is 47.4 Å². The highest BCUT2D eigenvalue weighted by molar-refractivity contribution is 5.97. The second-order valence-electron chi connectivity index (χ2n) is 37.7. The van der Waals surface area contributed by atoms with Crippen LogP contribution in [0.25, 0.3) is 0 Å². The van der Waals surface area contributed by atoms with Crippen molar-refractivity contribution in [2.75, 3.05) is 150 Å². The Balaban J connectivity index is 0.000000160. The number of likely N-dealkylation sites (N-methyl/N-ethyl adjacent to an activating group) is 3. The molecule has 12 heterocycles. The van der Waals surface area contributed by atoms with E-state index in [9.17, 15) is 38.8 Å². The lowest BCUT2D eigenvalue weighted by Gasteiger charge is -2.43. The van der Waals surface area contributed by atoms with Crippen molar-refractivity contribution in [3.8, 4) is 6.07 Å². The molecule has 6 aromatic rings. The van der Waals surface area contributed by atoms with E-state index in [1.165, 1.54) is 16.7 Å². The number of aromatic nitrogens is 6. The Morgan fingerprint density at radius 3 is 1.02 bits per heavy atom. The van der Waals surface area contributed by atoms with Crippen LogP contribution in [0.15, 0.2) is 91.4 Å². The van der Waals surface area contributed by atoms with Crippen molar-refractivity contribution in [2.45, 2.75) is 224 Å². The van der Waals surface area contributed by atoms with Gasteiger partial charge in [-0.05, 0) is 222 Å². The van der Waals surface area contributed by atoms with Crippen molar-refractivity contribution in [3.63, 3.8) is 0 Å². The van der Waals surface area contributed by atoms with Gasteiger partial charge in [0, 0.05) is 141 Å². The van der Waals surface area contributed by atoms with Crippen LogP contribution in [0.4, 0.5) is 75.9 Å². The minimum absolute atomic E-state index is 0.0301. The number of likely N-dealkylation sites (tertiary alicyclic amines) is 2. The Morgan fingerprint density at radius 2 is 0.734 bits per heavy atom. The van der Waals surface area contributed by atoms with E-state index in [1.807, 2.05) is 114 Å². The summed E-state index contributed by atoms with van der Waals surface area (Å²) in [4.78, 5) is 137. The van der Waals surface area contributed by atoms with Crippen LogP contribution in [0.2, 0.25) is 0 Å². The van der Waals surface area contributed by atoms with E-state index in [-0.39, 0.29) is 99.9 Å². The summed E-state index contributed by atoms with van der Waals surface area (Å²) < 4.78 is 11.1. The molecule has 10 amide bonds. The van der Waals surface area contributed by atoms with Gasteiger partial charge in [0.1, 0.15) is 34.7 Å². The van der Waals surface area contributed by atoms with Crippen LogP contribution in [-0.4, -0.2) is 278 Å². The van der Waals surface area contributed by atoms with Gasteiger partial charge in [-0.1, -0.05) is 57.2 Å². The summed E-state index contributed by atoms with van der Waals surface area (Å²) in [5, 5.41) is 23.1. The molecule has 0 aliphatic carbocycles. The number of hydrogen-bond donors (Lipinski definition) is 6. The standard InChI is InChI=1S/C32H46N8O4.C32H44N8O3.C27H38N8O2/c1-21-24(40-19-18-37(6)29(40)42)8-7-15-39(21)25-20-34-26(27(33)41)28(36-25)35-23-11-9-22(10-12-23)32(5)13-16-38(17-14-32)30(43)44-31(2,3)4;1-22-26(40-19-18-37(6)29(40)41)8-7-15-39(22)27-21-34-25(20-33)28(36-27)35-24-11-9-23(10-12-24)32(5)13-16-38(17-14-32)30(42)43-31(2,3)4;1-18-21(35-16-15-33(3)26(35)37)5-4-14-34(18)22-17-30-23(24(28)36)25(32-22)31-20-8-6-19(7-9-20)27(2)10-12-29-13-11-27/h9-12,20-21,24H,7-8,13-19H2,1-6H3,(H2,33,41)(H,35,36);9-12,21-22,26H,7-8,13-19H2,1-6H3,(H,35,36);6-9,17-18,21,29H,4-5,10-16H2,1-3H3,(H2,28,36)(H,31,32)/t21-,24-;22-,26-;18-,21-/m111/s1. The predicted octanol–water partition coefficient (Wildman–Crippen LogP) is 12.1. The number of carbonyl (C=O) groups is 7. The molecule has 3 aromatic carbocycles. The number of nitrogens with zero attached hydrogens (tertiary/aromatic N) is 18. The molecule has 0 unspecified atom stereocenters. The fourth-order valence-corrected chi connectivity index (χ4v) is 18.9. The number of hydrogen-bond acceptors (Lipinski definition) is 23. The Labute approximate surface area is 729 Å². The Morgan fingerprint density at radius 1 is 0.435 bits per heavy atom. The summed E-state index contributed by atoms with van der Waals surface area (Å²) >= 11 is 0. The van der Waals surface area contributed by atoms with Gasteiger partial charge in [0.2, 0.25) is 0 Å². The quantitative estimate of drug-likeness (QED) is 0.0494. The fourth-order valence-electron chi connectivity index (χ4n) is 18.9. The Bertz CT molecular complexity index is 4860. The number of anilines is 9. The van der Waals surface area contributed by atoms with Crippen molar-refractivity contribution in [3.05, 3.63) is 125 Å². The molecule has 33 nitrogen and oxygen atoms in total. The van der Waals surface area contributed by atoms with Crippen molar-refractivity contribution in [2.24, 2.45) is 11.5 Å². The van der Waals surface area contributed by atoms with Gasteiger partial charge in [0.25, 0.3) is 11.8 Å². The summed E-state index contributed by atoms with van der Waals surface area (Å²) in [6, 6.07) is 27.5. The summed E-state index contributed by atoms with van der Waals surface area (Å²) in [6.45, 7) is 35.9. The van der Waals surface area contributed by atoms with Crippen molar-refractivity contribution in [1.82, 2.24) is 74.4 Å². The van der Waals surface area contributed by atoms with Gasteiger partial charge in [-0.25, -0.2) is 53.9 Å². The summed E-state index contributed by atoms with van der Waals surface area (Å²) in [5.74, 6) is 1.76. The lowest BCUT2D eigenvalue weighted by molar-refractivity contribution is 0.0161. The zero-order valence-corrected chi connectivity index (χ0v) is 75.1. The monoisotopic (exact) mass is 1700 g/mol. The second-order valence-corrected chi connectivity index (χ2v) is 37.7. The molecule has 9 fully saturated rings. The van der Waals surface area contributed by atoms with Crippen molar-refractivity contribution < 1.29 is 43.0 Å². The lowest BCUT2D eigenvalue weighted by Crippen LogP contribution is -2.55. The molecule has 8 N–H and O–H groups in total. The summed E-state index contributed by atoms with van der Waals surface area (Å²) in [7, 11) is 5.53. The number of carbonyl (C=O) groups excluding carboxylic acids is 7. The largest absolute Gasteiger partial charge is 0.444 e. The summed E-state index contributed by atoms with van der Waals surface area (Å²) in [6.07, 6.45) is 15.6. The molecule has 3 aromatic heterocycles. The van der Waals surface area contributed by atoms with E-state index in [0.717, 1.165) is 160 Å².